The highest BCUT2D eigenvalue weighted by Gasteiger charge is 2.32. The topological polar surface area (TPSA) is 64.6 Å². The van der Waals surface area contributed by atoms with Crippen molar-refractivity contribution in [3.05, 3.63) is 57.2 Å². The van der Waals surface area contributed by atoms with Crippen LogP contribution in [0, 0.1) is 0 Å². The average molecular weight is 439 g/mol. The number of hydrogen-bond acceptors (Lipinski definition) is 5. The van der Waals surface area contributed by atoms with Gasteiger partial charge in [0.05, 0.1) is 30.1 Å². The molecule has 1 aromatic carbocycles. The molecule has 1 amide bonds. The zero-order valence-electron chi connectivity index (χ0n) is 16.4. The molecule has 0 atom stereocenters. The number of fused-ring (bicyclic) bond motifs is 1. The SMILES string of the molecule is CCOC(=O)c1c(NC(=O)c2cccc(C(F)(F)F)c2)sc2c1CCC(OCC)=C2. The summed E-state index contributed by atoms with van der Waals surface area (Å²) in [5.41, 5.74) is -0.0997. The number of amides is 1. The van der Waals surface area contributed by atoms with Gasteiger partial charge in [-0.2, -0.15) is 13.2 Å². The molecular weight excluding hydrogens is 419 g/mol. The summed E-state index contributed by atoms with van der Waals surface area (Å²) in [6.07, 6.45) is -1.61. The molecule has 1 heterocycles. The van der Waals surface area contributed by atoms with Crippen LogP contribution in [-0.4, -0.2) is 25.1 Å². The van der Waals surface area contributed by atoms with Gasteiger partial charge in [0.1, 0.15) is 5.00 Å². The third kappa shape index (κ3) is 4.67. The van der Waals surface area contributed by atoms with Crippen molar-refractivity contribution < 1.29 is 32.2 Å². The molecule has 0 fully saturated rings. The van der Waals surface area contributed by atoms with Crippen LogP contribution in [0.5, 0.6) is 0 Å². The van der Waals surface area contributed by atoms with Crippen LogP contribution in [0.3, 0.4) is 0 Å². The van der Waals surface area contributed by atoms with Crippen molar-refractivity contribution in [2.24, 2.45) is 0 Å². The van der Waals surface area contributed by atoms with Gasteiger partial charge < -0.3 is 14.8 Å². The largest absolute Gasteiger partial charge is 0.498 e. The van der Waals surface area contributed by atoms with Crippen LogP contribution in [0.1, 0.15) is 57.0 Å². The number of esters is 1. The Labute approximate surface area is 175 Å². The van der Waals surface area contributed by atoms with E-state index in [4.69, 9.17) is 9.47 Å². The van der Waals surface area contributed by atoms with Crippen LogP contribution in [0.25, 0.3) is 6.08 Å². The number of carbonyl (C=O) groups excluding carboxylic acids is 2. The predicted octanol–water partition coefficient (Wildman–Crippen LogP) is 5.52. The Kier molecular flexibility index (Phi) is 6.50. The number of thiophene rings is 1. The molecular formula is C21H20F3NO4S. The molecule has 5 nitrogen and oxygen atoms in total. The van der Waals surface area contributed by atoms with E-state index in [1.165, 1.54) is 23.5 Å². The molecule has 0 saturated carbocycles. The molecule has 0 unspecified atom stereocenters. The highest BCUT2D eigenvalue weighted by atomic mass is 32.1. The highest BCUT2D eigenvalue weighted by Crippen LogP contribution is 2.40. The summed E-state index contributed by atoms with van der Waals surface area (Å²) in [6, 6.07) is 4.13. The number of nitrogens with one attached hydrogen (secondary N) is 1. The third-order valence-corrected chi connectivity index (χ3v) is 5.53. The molecule has 30 heavy (non-hydrogen) atoms. The average Bonchev–Trinajstić information content (AvgIpc) is 3.05. The zero-order chi connectivity index (χ0) is 21.9. The molecule has 1 aliphatic carbocycles. The lowest BCUT2D eigenvalue weighted by molar-refractivity contribution is -0.137. The van der Waals surface area contributed by atoms with Crippen molar-refractivity contribution >= 4 is 34.3 Å². The molecule has 0 bridgehead atoms. The van der Waals surface area contributed by atoms with Crippen LogP contribution in [0.4, 0.5) is 18.2 Å². The molecule has 2 aromatic rings. The molecule has 3 rings (SSSR count). The quantitative estimate of drug-likeness (QED) is 0.602. The van der Waals surface area contributed by atoms with Crippen LogP contribution in [-0.2, 0) is 22.1 Å². The summed E-state index contributed by atoms with van der Waals surface area (Å²) in [5, 5.41) is 2.84. The van der Waals surface area contributed by atoms with E-state index in [2.05, 4.69) is 5.32 Å². The fraction of sp³-hybridized carbons (Fsp3) is 0.333. The fourth-order valence-corrected chi connectivity index (χ4v) is 4.32. The molecule has 9 heteroatoms. The van der Waals surface area contributed by atoms with E-state index in [9.17, 15) is 22.8 Å². The number of rotatable bonds is 6. The number of hydrogen-bond donors (Lipinski definition) is 1. The second kappa shape index (κ2) is 8.91. The van der Waals surface area contributed by atoms with Gasteiger partial charge in [-0.15, -0.1) is 11.3 Å². The van der Waals surface area contributed by atoms with E-state index >= 15 is 0 Å². The first-order valence-corrected chi connectivity index (χ1v) is 10.2. The van der Waals surface area contributed by atoms with E-state index in [1.54, 1.807) is 6.92 Å². The summed E-state index contributed by atoms with van der Waals surface area (Å²) < 4.78 is 49.6. The van der Waals surface area contributed by atoms with Gasteiger partial charge in [-0.1, -0.05) is 6.07 Å². The summed E-state index contributed by atoms with van der Waals surface area (Å²) >= 11 is 1.17. The minimum atomic E-state index is -4.56. The Morgan fingerprint density at radius 1 is 1.17 bits per heavy atom. The number of allylic oxidation sites excluding steroid dienone is 1. The zero-order valence-corrected chi connectivity index (χ0v) is 17.2. The lowest BCUT2D eigenvalue weighted by Crippen LogP contribution is -2.16. The van der Waals surface area contributed by atoms with Crippen molar-refractivity contribution in [3.63, 3.8) is 0 Å². The maximum atomic E-state index is 13.0. The van der Waals surface area contributed by atoms with E-state index in [0.29, 0.717) is 19.4 Å². The van der Waals surface area contributed by atoms with E-state index in [-0.39, 0.29) is 22.7 Å². The van der Waals surface area contributed by atoms with Gasteiger partial charge in [0, 0.05) is 16.9 Å². The fourth-order valence-electron chi connectivity index (χ4n) is 3.13. The third-order valence-electron chi connectivity index (χ3n) is 4.44. The summed E-state index contributed by atoms with van der Waals surface area (Å²) in [4.78, 5) is 25.9. The molecule has 0 spiro atoms. The van der Waals surface area contributed by atoms with Gasteiger partial charge in [-0.25, -0.2) is 4.79 Å². The van der Waals surface area contributed by atoms with Gasteiger partial charge >= 0.3 is 12.1 Å². The molecule has 1 N–H and O–H groups in total. The maximum absolute atomic E-state index is 13.0. The molecule has 160 valence electrons. The number of ether oxygens (including phenoxy) is 2. The number of halogens is 3. The molecule has 0 aliphatic heterocycles. The summed E-state index contributed by atoms with van der Waals surface area (Å²) in [7, 11) is 0. The molecule has 0 radical (unpaired) electrons. The first-order valence-electron chi connectivity index (χ1n) is 9.39. The lowest BCUT2D eigenvalue weighted by Gasteiger charge is -2.14. The van der Waals surface area contributed by atoms with Crippen LogP contribution in [0.2, 0.25) is 0 Å². The first-order chi connectivity index (χ1) is 14.2. The predicted molar refractivity (Wildman–Crippen MR) is 108 cm³/mol. The van der Waals surface area contributed by atoms with E-state index in [1.807, 2.05) is 13.0 Å². The monoisotopic (exact) mass is 439 g/mol. The van der Waals surface area contributed by atoms with Gasteiger partial charge in [0.15, 0.2) is 0 Å². The molecule has 1 aromatic heterocycles. The van der Waals surface area contributed by atoms with Gasteiger partial charge in [-0.05, 0) is 50.1 Å². The number of anilines is 1. The van der Waals surface area contributed by atoms with Crippen LogP contribution in [0.15, 0.2) is 30.0 Å². The van der Waals surface area contributed by atoms with Gasteiger partial charge in [0.25, 0.3) is 5.91 Å². The normalized spacial score (nSPS) is 13.3. The van der Waals surface area contributed by atoms with Crippen LogP contribution < -0.4 is 5.32 Å². The Balaban J connectivity index is 1.96. The maximum Gasteiger partial charge on any atom is 0.416 e. The van der Waals surface area contributed by atoms with Crippen molar-refractivity contribution in [3.8, 4) is 0 Å². The Hall–Kier alpha value is -2.81. The molecule has 1 aliphatic rings. The Morgan fingerprint density at radius 2 is 1.93 bits per heavy atom. The van der Waals surface area contributed by atoms with Crippen molar-refractivity contribution in [1.29, 1.82) is 0 Å². The van der Waals surface area contributed by atoms with Crippen molar-refractivity contribution in [2.75, 3.05) is 18.5 Å². The second-order valence-corrected chi connectivity index (χ2v) is 7.50. The lowest BCUT2D eigenvalue weighted by atomic mass is 9.99. The van der Waals surface area contributed by atoms with E-state index in [0.717, 1.165) is 28.3 Å². The summed E-state index contributed by atoms with van der Waals surface area (Å²) in [5.74, 6) is -0.542. The van der Waals surface area contributed by atoms with Crippen LogP contribution >= 0.6 is 11.3 Å². The first kappa shape index (κ1) is 21.9. The number of benzene rings is 1. The smallest absolute Gasteiger partial charge is 0.416 e. The standard InChI is InChI=1S/C21H20F3NO4S/c1-3-28-14-8-9-15-16(11-14)30-19(17(15)20(27)29-4-2)25-18(26)12-6-5-7-13(10-12)21(22,23)24/h5-7,10-11H,3-4,8-9H2,1-2H3,(H,25,26). The minimum Gasteiger partial charge on any atom is -0.498 e. The second-order valence-electron chi connectivity index (χ2n) is 6.45. The number of carbonyl (C=O) groups is 2. The van der Waals surface area contributed by atoms with Gasteiger partial charge in [0.2, 0.25) is 0 Å². The van der Waals surface area contributed by atoms with Gasteiger partial charge in [-0.3, -0.25) is 4.79 Å². The summed E-state index contributed by atoms with van der Waals surface area (Å²) in [6.45, 7) is 4.21. The van der Waals surface area contributed by atoms with Crippen molar-refractivity contribution in [1.82, 2.24) is 0 Å². The van der Waals surface area contributed by atoms with Crippen molar-refractivity contribution in [2.45, 2.75) is 32.9 Å². The number of alkyl halides is 3. The molecule has 0 saturated heterocycles. The Bertz CT molecular complexity index is 995. The highest BCUT2D eigenvalue weighted by molar-refractivity contribution is 7.17. The minimum absolute atomic E-state index is 0.156. The van der Waals surface area contributed by atoms with E-state index < -0.39 is 23.6 Å². The Morgan fingerprint density at radius 3 is 2.60 bits per heavy atom.